The molecule has 0 aromatic rings. The number of nitrogens with one attached hydrogen (secondary N) is 1. The van der Waals surface area contributed by atoms with E-state index in [2.05, 4.69) is 44.8 Å². The predicted molar refractivity (Wildman–Crippen MR) is 92.6 cm³/mol. The number of hydrogen-bond acceptors (Lipinski definition) is 2. The Morgan fingerprint density at radius 2 is 1.57 bits per heavy atom. The van der Waals surface area contributed by atoms with Crippen LogP contribution in [0.3, 0.4) is 0 Å². The molecule has 2 nitrogen and oxygen atoms in total. The second kappa shape index (κ2) is 7.46. The average molecular weight is 295 g/mol. The van der Waals surface area contributed by atoms with Crippen molar-refractivity contribution in [1.29, 1.82) is 0 Å². The van der Waals surface area contributed by atoms with Gasteiger partial charge < -0.3 is 5.32 Å². The summed E-state index contributed by atoms with van der Waals surface area (Å²) in [6, 6.07) is 1.51. The van der Waals surface area contributed by atoms with Gasteiger partial charge in [0.05, 0.1) is 0 Å². The van der Waals surface area contributed by atoms with Crippen LogP contribution in [0.2, 0.25) is 0 Å². The van der Waals surface area contributed by atoms with Crippen molar-refractivity contribution in [3.63, 3.8) is 0 Å². The summed E-state index contributed by atoms with van der Waals surface area (Å²) in [5.41, 5.74) is 0.501. The van der Waals surface area contributed by atoms with Gasteiger partial charge in [0.25, 0.3) is 0 Å². The van der Waals surface area contributed by atoms with Gasteiger partial charge in [0.1, 0.15) is 0 Å². The third-order valence-corrected chi connectivity index (χ3v) is 5.95. The lowest BCUT2D eigenvalue weighted by atomic mass is 9.71. The molecule has 21 heavy (non-hydrogen) atoms. The molecule has 1 aliphatic heterocycles. The largest absolute Gasteiger partial charge is 0.312 e. The minimum absolute atomic E-state index is 0.501. The molecule has 2 rings (SSSR count). The molecule has 1 saturated carbocycles. The Hall–Kier alpha value is -0.0800. The van der Waals surface area contributed by atoms with Gasteiger partial charge in [-0.1, -0.05) is 34.6 Å². The van der Waals surface area contributed by atoms with E-state index < -0.39 is 0 Å². The van der Waals surface area contributed by atoms with E-state index in [1.165, 1.54) is 58.2 Å². The molecule has 1 saturated heterocycles. The molecule has 2 heteroatoms. The van der Waals surface area contributed by atoms with E-state index in [0.29, 0.717) is 5.41 Å². The summed E-state index contributed by atoms with van der Waals surface area (Å²) in [5.74, 6) is 1.69. The number of hydrogen-bond donors (Lipinski definition) is 1. The van der Waals surface area contributed by atoms with Crippen LogP contribution in [0.25, 0.3) is 0 Å². The predicted octanol–water partition coefficient (Wildman–Crippen LogP) is 4.30. The summed E-state index contributed by atoms with van der Waals surface area (Å²) in [7, 11) is 0. The first-order valence-electron chi connectivity index (χ1n) is 9.35. The van der Waals surface area contributed by atoms with Gasteiger partial charge in [-0.3, -0.25) is 4.90 Å². The molecule has 2 fully saturated rings. The maximum absolute atomic E-state index is 3.91. The van der Waals surface area contributed by atoms with E-state index in [4.69, 9.17) is 0 Å². The second-order valence-corrected chi connectivity index (χ2v) is 8.88. The zero-order valence-corrected chi connectivity index (χ0v) is 15.1. The molecule has 0 aromatic carbocycles. The lowest BCUT2D eigenvalue weighted by Crippen LogP contribution is -2.47. The highest BCUT2D eigenvalue weighted by molar-refractivity contribution is 4.86. The molecule has 1 atom stereocenters. The molecule has 0 bridgehead atoms. The van der Waals surface area contributed by atoms with Crippen LogP contribution in [0.4, 0.5) is 0 Å². The van der Waals surface area contributed by atoms with E-state index in [1.54, 1.807) is 0 Å². The van der Waals surface area contributed by atoms with Crippen LogP contribution in [0.5, 0.6) is 0 Å². The van der Waals surface area contributed by atoms with Gasteiger partial charge >= 0.3 is 0 Å². The summed E-state index contributed by atoms with van der Waals surface area (Å²) < 4.78 is 0. The van der Waals surface area contributed by atoms with Crippen molar-refractivity contribution in [3.05, 3.63) is 0 Å². The molecular formula is C19H38N2. The highest BCUT2D eigenvalue weighted by atomic mass is 15.2. The standard InChI is InChI=1S/C19H38N2/c1-15(2)18(21-12-6-7-13-21)14-20-17-10-8-16(9-11-17)19(3,4)5/h15-18,20H,6-14H2,1-5H3. The molecule has 1 unspecified atom stereocenters. The maximum atomic E-state index is 3.91. The molecule has 2 aliphatic rings. The first kappa shape index (κ1) is 17.3. The number of rotatable bonds is 5. The van der Waals surface area contributed by atoms with Crippen molar-refractivity contribution in [3.8, 4) is 0 Å². The normalized spacial score (nSPS) is 30.0. The van der Waals surface area contributed by atoms with Crippen LogP contribution in [-0.2, 0) is 0 Å². The average Bonchev–Trinajstić information content (AvgIpc) is 2.92. The molecule has 0 spiro atoms. The molecule has 0 aromatic heterocycles. The molecule has 1 aliphatic carbocycles. The fourth-order valence-corrected chi connectivity index (χ4v) is 4.31. The van der Waals surface area contributed by atoms with Crippen LogP contribution in [0.15, 0.2) is 0 Å². The van der Waals surface area contributed by atoms with Crippen LogP contribution in [-0.4, -0.2) is 36.6 Å². The van der Waals surface area contributed by atoms with E-state index in [9.17, 15) is 0 Å². The van der Waals surface area contributed by atoms with Crippen molar-refractivity contribution in [2.45, 2.75) is 85.2 Å². The molecule has 1 heterocycles. The van der Waals surface area contributed by atoms with Gasteiger partial charge in [-0.15, -0.1) is 0 Å². The van der Waals surface area contributed by atoms with Crippen LogP contribution < -0.4 is 5.32 Å². The summed E-state index contributed by atoms with van der Waals surface area (Å²) in [5, 5.41) is 3.91. The lowest BCUT2D eigenvalue weighted by molar-refractivity contribution is 0.145. The topological polar surface area (TPSA) is 15.3 Å². The van der Waals surface area contributed by atoms with E-state index in [1.807, 2.05) is 0 Å². The maximum Gasteiger partial charge on any atom is 0.0243 e. The highest BCUT2D eigenvalue weighted by Crippen LogP contribution is 2.37. The quantitative estimate of drug-likeness (QED) is 0.813. The van der Waals surface area contributed by atoms with Crippen molar-refractivity contribution in [1.82, 2.24) is 10.2 Å². The van der Waals surface area contributed by atoms with Crippen molar-refractivity contribution in [2.75, 3.05) is 19.6 Å². The Kier molecular flexibility index (Phi) is 6.14. The Bertz CT molecular complexity index is 291. The smallest absolute Gasteiger partial charge is 0.0243 e. The fourth-order valence-electron chi connectivity index (χ4n) is 4.31. The second-order valence-electron chi connectivity index (χ2n) is 8.88. The van der Waals surface area contributed by atoms with Crippen molar-refractivity contribution < 1.29 is 0 Å². The van der Waals surface area contributed by atoms with E-state index in [0.717, 1.165) is 23.9 Å². The van der Waals surface area contributed by atoms with E-state index >= 15 is 0 Å². The molecule has 124 valence electrons. The third kappa shape index (κ3) is 4.96. The van der Waals surface area contributed by atoms with Gasteiger partial charge in [-0.05, 0) is 68.9 Å². The van der Waals surface area contributed by atoms with Crippen LogP contribution in [0, 0.1) is 17.3 Å². The summed E-state index contributed by atoms with van der Waals surface area (Å²) in [6.45, 7) is 15.8. The van der Waals surface area contributed by atoms with Crippen molar-refractivity contribution in [2.24, 2.45) is 17.3 Å². The summed E-state index contributed by atoms with van der Waals surface area (Å²) in [4.78, 5) is 2.72. The van der Waals surface area contributed by atoms with Crippen molar-refractivity contribution >= 4 is 0 Å². The molecular weight excluding hydrogens is 256 g/mol. The third-order valence-electron chi connectivity index (χ3n) is 5.95. The van der Waals surface area contributed by atoms with E-state index in [-0.39, 0.29) is 0 Å². The monoisotopic (exact) mass is 294 g/mol. The highest BCUT2D eigenvalue weighted by Gasteiger charge is 2.30. The fraction of sp³-hybridized carbons (Fsp3) is 1.00. The Labute approximate surface area is 133 Å². The molecule has 1 N–H and O–H groups in total. The summed E-state index contributed by atoms with van der Waals surface area (Å²) >= 11 is 0. The Morgan fingerprint density at radius 3 is 2.05 bits per heavy atom. The first-order chi connectivity index (χ1) is 9.88. The lowest BCUT2D eigenvalue weighted by Gasteiger charge is -2.38. The zero-order valence-electron chi connectivity index (χ0n) is 15.1. The van der Waals surface area contributed by atoms with Gasteiger partial charge in [0.2, 0.25) is 0 Å². The Balaban J connectivity index is 1.75. The number of nitrogens with zero attached hydrogens (tertiary/aromatic N) is 1. The SMILES string of the molecule is CC(C)C(CNC1CCC(C(C)(C)C)CC1)N1CCCC1. The minimum Gasteiger partial charge on any atom is -0.312 e. The summed E-state index contributed by atoms with van der Waals surface area (Å²) in [6.07, 6.45) is 8.40. The van der Waals surface area contributed by atoms with Crippen LogP contribution in [0.1, 0.15) is 73.1 Å². The zero-order chi connectivity index (χ0) is 15.5. The first-order valence-corrected chi connectivity index (χ1v) is 9.35. The molecule has 0 radical (unpaired) electrons. The van der Waals surface area contributed by atoms with Crippen LogP contribution >= 0.6 is 0 Å². The number of likely N-dealkylation sites (tertiary alicyclic amines) is 1. The van der Waals surface area contributed by atoms with Gasteiger partial charge in [0, 0.05) is 18.6 Å². The Morgan fingerprint density at radius 1 is 1.00 bits per heavy atom. The van der Waals surface area contributed by atoms with Gasteiger partial charge in [-0.2, -0.15) is 0 Å². The van der Waals surface area contributed by atoms with Gasteiger partial charge in [0.15, 0.2) is 0 Å². The minimum atomic E-state index is 0.501. The van der Waals surface area contributed by atoms with Gasteiger partial charge in [-0.25, -0.2) is 0 Å². The molecule has 0 amide bonds.